The molecule has 1 heterocycles. The number of hydrogen-bond acceptors (Lipinski definition) is 3. The highest BCUT2D eigenvalue weighted by Gasteiger charge is 2.19. The Bertz CT molecular complexity index is 869. The molecule has 0 unspecified atom stereocenters. The fourth-order valence-corrected chi connectivity index (χ4v) is 2.51. The third kappa shape index (κ3) is 4.10. The molecule has 3 rings (SSSR count). The molecule has 4 heteroatoms. The van der Waals surface area contributed by atoms with Gasteiger partial charge in [0.05, 0.1) is 17.6 Å². The monoisotopic (exact) mass is 331 g/mol. The van der Waals surface area contributed by atoms with E-state index >= 15 is 0 Å². The van der Waals surface area contributed by atoms with Crippen molar-refractivity contribution in [2.45, 2.75) is 26.3 Å². The molecule has 0 bridgehead atoms. The van der Waals surface area contributed by atoms with Gasteiger partial charge >= 0.3 is 0 Å². The Kier molecular flexibility index (Phi) is 4.61. The molecule has 1 aromatic heterocycles. The SMILES string of the molecule is CC(C)(C)NC(=O)c1cnc(-c2ccccc2)c(-c2ccccc2)n1. The Labute approximate surface area is 148 Å². The summed E-state index contributed by atoms with van der Waals surface area (Å²) in [7, 11) is 0. The second-order valence-electron chi connectivity index (χ2n) is 6.89. The number of rotatable bonds is 3. The molecule has 0 spiro atoms. The third-order valence-electron chi connectivity index (χ3n) is 3.59. The first-order chi connectivity index (χ1) is 11.9. The van der Waals surface area contributed by atoms with E-state index in [1.54, 1.807) is 0 Å². The molecule has 0 saturated heterocycles. The molecule has 4 nitrogen and oxygen atoms in total. The van der Waals surface area contributed by atoms with Crippen LogP contribution in [0.25, 0.3) is 22.5 Å². The lowest BCUT2D eigenvalue weighted by atomic mass is 10.0. The summed E-state index contributed by atoms with van der Waals surface area (Å²) in [4.78, 5) is 21.7. The second-order valence-corrected chi connectivity index (χ2v) is 6.89. The lowest BCUT2D eigenvalue weighted by Crippen LogP contribution is -2.41. The van der Waals surface area contributed by atoms with Gasteiger partial charge in [0.25, 0.3) is 5.91 Å². The normalized spacial score (nSPS) is 11.2. The molecule has 0 saturated carbocycles. The van der Waals surface area contributed by atoms with Crippen molar-refractivity contribution in [1.82, 2.24) is 15.3 Å². The van der Waals surface area contributed by atoms with Gasteiger partial charge in [-0.05, 0) is 20.8 Å². The highest BCUT2D eigenvalue weighted by atomic mass is 16.2. The van der Waals surface area contributed by atoms with Crippen LogP contribution in [0.5, 0.6) is 0 Å². The van der Waals surface area contributed by atoms with Crippen molar-refractivity contribution in [2.24, 2.45) is 0 Å². The predicted octanol–water partition coefficient (Wildman–Crippen LogP) is 4.34. The van der Waals surface area contributed by atoms with Gasteiger partial charge in [-0.3, -0.25) is 9.78 Å². The molecule has 25 heavy (non-hydrogen) atoms. The van der Waals surface area contributed by atoms with E-state index in [2.05, 4.69) is 15.3 Å². The van der Waals surface area contributed by atoms with E-state index in [9.17, 15) is 4.79 Å². The molecule has 1 amide bonds. The van der Waals surface area contributed by atoms with Crippen LogP contribution < -0.4 is 5.32 Å². The van der Waals surface area contributed by atoms with Crippen LogP contribution in [0.3, 0.4) is 0 Å². The first kappa shape index (κ1) is 16.8. The summed E-state index contributed by atoms with van der Waals surface area (Å²) in [6.07, 6.45) is 1.54. The Morgan fingerprint density at radius 1 is 0.840 bits per heavy atom. The number of carbonyl (C=O) groups is 1. The zero-order chi connectivity index (χ0) is 17.9. The van der Waals surface area contributed by atoms with Crippen molar-refractivity contribution < 1.29 is 4.79 Å². The van der Waals surface area contributed by atoms with E-state index < -0.39 is 0 Å². The van der Waals surface area contributed by atoms with E-state index in [0.717, 1.165) is 16.8 Å². The predicted molar refractivity (Wildman–Crippen MR) is 100 cm³/mol. The van der Waals surface area contributed by atoms with Crippen LogP contribution in [0.1, 0.15) is 31.3 Å². The molecule has 2 aromatic carbocycles. The standard InChI is InChI=1S/C21H21N3O/c1-21(2,3)24-20(25)17-14-22-18(15-10-6-4-7-11-15)19(23-17)16-12-8-5-9-13-16/h4-14H,1-3H3,(H,24,25). The Morgan fingerprint density at radius 3 is 1.88 bits per heavy atom. The van der Waals surface area contributed by atoms with Gasteiger partial charge in [-0.15, -0.1) is 0 Å². The minimum Gasteiger partial charge on any atom is -0.346 e. The average molecular weight is 331 g/mol. The summed E-state index contributed by atoms with van der Waals surface area (Å²) in [5.74, 6) is -0.225. The molecule has 0 aliphatic rings. The van der Waals surface area contributed by atoms with E-state index in [-0.39, 0.29) is 11.4 Å². The maximum absolute atomic E-state index is 12.5. The number of amides is 1. The Hall–Kier alpha value is -3.01. The van der Waals surface area contributed by atoms with Crippen LogP contribution in [0.4, 0.5) is 0 Å². The van der Waals surface area contributed by atoms with Crippen LogP contribution in [0.2, 0.25) is 0 Å². The van der Waals surface area contributed by atoms with Gasteiger partial charge in [-0.2, -0.15) is 0 Å². The minimum absolute atomic E-state index is 0.225. The molecule has 0 fully saturated rings. The quantitative estimate of drug-likeness (QED) is 0.777. The summed E-state index contributed by atoms with van der Waals surface area (Å²) in [6.45, 7) is 5.82. The molecule has 0 aliphatic carbocycles. The van der Waals surface area contributed by atoms with Crippen molar-refractivity contribution in [1.29, 1.82) is 0 Å². The molecule has 0 aliphatic heterocycles. The topological polar surface area (TPSA) is 54.9 Å². The molecule has 3 aromatic rings. The van der Waals surface area contributed by atoms with E-state index in [1.165, 1.54) is 6.20 Å². The maximum Gasteiger partial charge on any atom is 0.271 e. The summed E-state index contributed by atoms with van der Waals surface area (Å²) in [6, 6.07) is 19.7. The molecule has 0 atom stereocenters. The number of nitrogens with zero attached hydrogens (tertiary/aromatic N) is 2. The molecular weight excluding hydrogens is 310 g/mol. The Morgan fingerprint density at radius 2 is 1.36 bits per heavy atom. The summed E-state index contributed by atoms with van der Waals surface area (Å²) in [5.41, 5.74) is 3.35. The number of benzene rings is 2. The van der Waals surface area contributed by atoms with Gasteiger partial charge in [0.15, 0.2) is 0 Å². The third-order valence-corrected chi connectivity index (χ3v) is 3.59. The van der Waals surface area contributed by atoms with Crippen LogP contribution in [0.15, 0.2) is 66.9 Å². The summed E-state index contributed by atoms with van der Waals surface area (Å²) >= 11 is 0. The van der Waals surface area contributed by atoms with Crippen molar-refractivity contribution in [3.63, 3.8) is 0 Å². The van der Waals surface area contributed by atoms with Crippen LogP contribution in [-0.4, -0.2) is 21.4 Å². The van der Waals surface area contributed by atoms with E-state index in [1.807, 2.05) is 81.4 Å². The number of aromatic nitrogens is 2. The first-order valence-electron chi connectivity index (χ1n) is 8.24. The highest BCUT2D eigenvalue weighted by molar-refractivity contribution is 5.93. The number of hydrogen-bond donors (Lipinski definition) is 1. The largest absolute Gasteiger partial charge is 0.346 e. The fourth-order valence-electron chi connectivity index (χ4n) is 2.51. The van der Waals surface area contributed by atoms with E-state index in [0.29, 0.717) is 11.4 Å². The van der Waals surface area contributed by atoms with Gasteiger partial charge in [-0.25, -0.2) is 4.98 Å². The average Bonchev–Trinajstić information content (AvgIpc) is 2.61. The van der Waals surface area contributed by atoms with Gasteiger partial charge in [0.2, 0.25) is 0 Å². The Balaban J connectivity index is 2.10. The van der Waals surface area contributed by atoms with Crippen molar-refractivity contribution in [3.05, 3.63) is 72.6 Å². The van der Waals surface area contributed by atoms with Crippen LogP contribution >= 0.6 is 0 Å². The molecular formula is C21H21N3O. The first-order valence-corrected chi connectivity index (χ1v) is 8.24. The van der Waals surface area contributed by atoms with Crippen molar-refractivity contribution in [2.75, 3.05) is 0 Å². The van der Waals surface area contributed by atoms with Gasteiger partial charge < -0.3 is 5.32 Å². The van der Waals surface area contributed by atoms with Gasteiger partial charge in [0, 0.05) is 16.7 Å². The minimum atomic E-state index is -0.330. The fraction of sp³-hybridized carbons (Fsp3) is 0.190. The number of carbonyl (C=O) groups excluding carboxylic acids is 1. The zero-order valence-corrected chi connectivity index (χ0v) is 14.7. The van der Waals surface area contributed by atoms with Crippen LogP contribution in [-0.2, 0) is 0 Å². The smallest absolute Gasteiger partial charge is 0.271 e. The van der Waals surface area contributed by atoms with E-state index in [4.69, 9.17) is 0 Å². The summed E-state index contributed by atoms with van der Waals surface area (Å²) in [5, 5.41) is 2.93. The molecule has 126 valence electrons. The lowest BCUT2D eigenvalue weighted by molar-refractivity contribution is 0.0914. The van der Waals surface area contributed by atoms with Crippen molar-refractivity contribution in [3.8, 4) is 22.5 Å². The van der Waals surface area contributed by atoms with Crippen LogP contribution in [0, 0.1) is 0 Å². The second kappa shape index (κ2) is 6.85. The molecule has 1 N–H and O–H groups in total. The van der Waals surface area contributed by atoms with Gasteiger partial charge in [-0.1, -0.05) is 60.7 Å². The molecule has 0 radical (unpaired) electrons. The maximum atomic E-state index is 12.5. The van der Waals surface area contributed by atoms with Crippen molar-refractivity contribution >= 4 is 5.91 Å². The zero-order valence-electron chi connectivity index (χ0n) is 14.7. The summed E-state index contributed by atoms with van der Waals surface area (Å²) < 4.78 is 0. The number of nitrogens with one attached hydrogen (secondary N) is 1. The van der Waals surface area contributed by atoms with Gasteiger partial charge in [0.1, 0.15) is 5.69 Å². The lowest BCUT2D eigenvalue weighted by Gasteiger charge is -2.20. The highest BCUT2D eigenvalue weighted by Crippen LogP contribution is 2.28.